The highest BCUT2D eigenvalue weighted by Gasteiger charge is 2.40. The predicted molar refractivity (Wildman–Crippen MR) is 74.6 cm³/mol. The predicted octanol–water partition coefficient (Wildman–Crippen LogP) is 3.58. The first-order chi connectivity index (χ1) is 9.07. The fourth-order valence-electron chi connectivity index (χ4n) is 3.10. The van der Waals surface area contributed by atoms with E-state index in [0.717, 1.165) is 49.0 Å². The van der Waals surface area contributed by atoms with Crippen LogP contribution in [0.1, 0.15) is 43.2 Å². The first kappa shape index (κ1) is 13.9. The molecule has 0 aromatic heterocycles. The van der Waals surface area contributed by atoms with Crippen LogP contribution in [-0.4, -0.2) is 18.2 Å². The first-order valence-electron chi connectivity index (χ1n) is 6.94. The normalized spacial score (nSPS) is 18.0. The highest BCUT2D eigenvalue weighted by atomic mass is 16.5. The zero-order chi connectivity index (χ0) is 13.9. The summed E-state index contributed by atoms with van der Waals surface area (Å²) in [4.78, 5) is 11.7. The van der Waals surface area contributed by atoms with Crippen LogP contribution < -0.4 is 4.74 Å². The molecule has 0 bridgehead atoms. The second-order valence-corrected chi connectivity index (χ2v) is 5.64. The van der Waals surface area contributed by atoms with Crippen LogP contribution >= 0.6 is 0 Å². The lowest BCUT2D eigenvalue weighted by molar-refractivity contribution is -0.151. The molecule has 0 saturated heterocycles. The van der Waals surface area contributed by atoms with Gasteiger partial charge in [-0.2, -0.15) is 0 Å². The molecule has 1 aliphatic rings. The van der Waals surface area contributed by atoms with Crippen molar-refractivity contribution in [2.75, 3.05) is 7.11 Å². The average Bonchev–Trinajstić information content (AvgIpc) is 2.40. The van der Waals surface area contributed by atoms with E-state index in [1.165, 1.54) is 0 Å². The Kier molecular flexibility index (Phi) is 4.13. The molecule has 3 nitrogen and oxygen atoms in total. The van der Waals surface area contributed by atoms with E-state index in [-0.39, 0.29) is 0 Å². The summed E-state index contributed by atoms with van der Waals surface area (Å²) in [5.74, 6) is 0.146. The summed E-state index contributed by atoms with van der Waals surface area (Å²) in [6.07, 6.45) is 5.31. The van der Waals surface area contributed by atoms with Crippen LogP contribution in [-0.2, 0) is 11.2 Å². The molecule has 0 unspecified atom stereocenters. The molecular formula is C16H22O3. The number of rotatable bonds is 4. The van der Waals surface area contributed by atoms with E-state index in [1.54, 1.807) is 7.11 Å². The molecule has 1 aromatic rings. The lowest BCUT2D eigenvalue weighted by Gasteiger charge is -2.33. The number of aryl methyl sites for hydroxylation is 1. The van der Waals surface area contributed by atoms with Crippen molar-refractivity contribution in [3.8, 4) is 5.75 Å². The number of carbonyl (C=O) groups is 1. The monoisotopic (exact) mass is 262 g/mol. The zero-order valence-corrected chi connectivity index (χ0v) is 11.7. The minimum Gasteiger partial charge on any atom is -0.496 e. The summed E-state index contributed by atoms with van der Waals surface area (Å²) in [7, 11) is 1.64. The van der Waals surface area contributed by atoms with E-state index in [0.29, 0.717) is 6.42 Å². The molecule has 0 amide bonds. The first-order valence-corrected chi connectivity index (χ1v) is 6.94. The molecule has 0 radical (unpaired) electrons. The minimum absolute atomic E-state index is 0.577. The van der Waals surface area contributed by atoms with Gasteiger partial charge in [0.2, 0.25) is 0 Å². The molecular weight excluding hydrogens is 240 g/mol. The second-order valence-electron chi connectivity index (χ2n) is 5.64. The SMILES string of the molecule is COc1ccc(C)cc1CC1(C(=O)O)CCCCC1. The molecule has 3 heteroatoms. The van der Waals surface area contributed by atoms with Gasteiger partial charge in [0.25, 0.3) is 0 Å². The topological polar surface area (TPSA) is 46.5 Å². The number of hydrogen-bond acceptors (Lipinski definition) is 2. The minimum atomic E-state index is -0.657. The van der Waals surface area contributed by atoms with Crippen LogP contribution in [0.5, 0.6) is 5.75 Å². The molecule has 19 heavy (non-hydrogen) atoms. The van der Waals surface area contributed by atoms with Crippen molar-refractivity contribution in [2.45, 2.75) is 45.4 Å². The Hall–Kier alpha value is -1.51. The highest BCUT2D eigenvalue weighted by Crippen LogP contribution is 2.41. The van der Waals surface area contributed by atoms with Crippen LogP contribution in [0.4, 0.5) is 0 Å². The maximum absolute atomic E-state index is 11.7. The van der Waals surface area contributed by atoms with Crippen LogP contribution in [0, 0.1) is 12.3 Å². The summed E-state index contributed by atoms with van der Waals surface area (Å²) >= 11 is 0. The van der Waals surface area contributed by atoms with Crippen molar-refractivity contribution in [2.24, 2.45) is 5.41 Å². The number of carboxylic acid groups (broad SMARTS) is 1. The Morgan fingerprint density at radius 1 is 1.32 bits per heavy atom. The quantitative estimate of drug-likeness (QED) is 0.902. The van der Waals surface area contributed by atoms with Gasteiger partial charge in [-0.3, -0.25) is 4.79 Å². The summed E-state index contributed by atoms with van der Waals surface area (Å²) in [6.45, 7) is 2.03. The van der Waals surface area contributed by atoms with E-state index >= 15 is 0 Å². The summed E-state index contributed by atoms with van der Waals surface area (Å²) in [6, 6.07) is 5.98. The van der Waals surface area contributed by atoms with Crippen LogP contribution in [0.2, 0.25) is 0 Å². The number of benzene rings is 1. The second kappa shape index (κ2) is 5.64. The molecule has 0 heterocycles. The van der Waals surface area contributed by atoms with Crippen molar-refractivity contribution in [3.05, 3.63) is 29.3 Å². The Balaban J connectivity index is 2.31. The van der Waals surface area contributed by atoms with Gasteiger partial charge in [0.15, 0.2) is 0 Å². The molecule has 0 aliphatic heterocycles. The maximum Gasteiger partial charge on any atom is 0.309 e. The fraction of sp³-hybridized carbons (Fsp3) is 0.562. The third-order valence-electron chi connectivity index (χ3n) is 4.23. The third kappa shape index (κ3) is 2.91. The van der Waals surface area contributed by atoms with E-state index in [4.69, 9.17) is 4.74 Å². The molecule has 0 atom stereocenters. The van der Waals surface area contributed by atoms with Crippen molar-refractivity contribution in [1.29, 1.82) is 0 Å². The summed E-state index contributed by atoms with van der Waals surface area (Å²) in [5, 5.41) is 9.64. The van der Waals surface area contributed by atoms with Gasteiger partial charge in [0, 0.05) is 0 Å². The molecule has 1 fully saturated rings. The van der Waals surface area contributed by atoms with Crippen molar-refractivity contribution < 1.29 is 14.6 Å². The number of aliphatic carboxylic acids is 1. The Morgan fingerprint density at radius 2 is 2.00 bits per heavy atom. The number of hydrogen-bond donors (Lipinski definition) is 1. The van der Waals surface area contributed by atoms with Gasteiger partial charge >= 0.3 is 5.97 Å². The van der Waals surface area contributed by atoms with Gasteiger partial charge in [-0.1, -0.05) is 37.0 Å². The maximum atomic E-state index is 11.7. The van der Waals surface area contributed by atoms with Crippen LogP contribution in [0.3, 0.4) is 0 Å². The fourth-order valence-corrected chi connectivity index (χ4v) is 3.10. The van der Waals surface area contributed by atoms with Gasteiger partial charge in [-0.25, -0.2) is 0 Å². The van der Waals surface area contributed by atoms with Crippen LogP contribution in [0.25, 0.3) is 0 Å². The molecule has 1 saturated carbocycles. The number of ether oxygens (including phenoxy) is 1. The lowest BCUT2D eigenvalue weighted by atomic mass is 9.70. The van der Waals surface area contributed by atoms with Crippen LogP contribution in [0.15, 0.2) is 18.2 Å². The van der Waals surface area contributed by atoms with Gasteiger partial charge in [0.1, 0.15) is 5.75 Å². The standard InChI is InChI=1S/C16H22O3/c1-12-6-7-14(19-2)13(10-12)11-16(15(17)18)8-4-3-5-9-16/h6-7,10H,3-5,8-9,11H2,1-2H3,(H,17,18). The van der Waals surface area contributed by atoms with Gasteiger partial charge in [-0.15, -0.1) is 0 Å². The number of methoxy groups -OCH3 is 1. The Morgan fingerprint density at radius 3 is 2.58 bits per heavy atom. The van der Waals surface area contributed by atoms with Gasteiger partial charge in [-0.05, 0) is 37.8 Å². The Labute approximate surface area is 114 Å². The summed E-state index contributed by atoms with van der Waals surface area (Å²) in [5.41, 5.74) is 1.57. The highest BCUT2D eigenvalue weighted by molar-refractivity contribution is 5.75. The van der Waals surface area contributed by atoms with Crippen molar-refractivity contribution in [3.63, 3.8) is 0 Å². The van der Waals surface area contributed by atoms with Gasteiger partial charge in [0.05, 0.1) is 12.5 Å². The van der Waals surface area contributed by atoms with Crippen molar-refractivity contribution >= 4 is 5.97 Å². The molecule has 104 valence electrons. The molecule has 2 rings (SSSR count). The third-order valence-corrected chi connectivity index (χ3v) is 4.23. The molecule has 1 aliphatic carbocycles. The molecule has 0 spiro atoms. The number of carboxylic acids is 1. The summed E-state index contributed by atoms with van der Waals surface area (Å²) < 4.78 is 5.37. The average molecular weight is 262 g/mol. The molecule has 1 N–H and O–H groups in total. The van der Waals surface area contributed by atoms with Gasteiger partial charge < -0.3 is 9.84 Å². The van der Waals surface area contributed by atoms with E-state index in [2.05, 4.69) is 6.07 Å². The van der Waals surface area contributed by atoms with Crippen molar-refractivity contribution in [1.82, 2.24) is 0 Å². The Bertz CT molecular complexity index is 459. The largest absolute Gasteiger partial charge is 0.496 e. The zero-order valence-electron chi connectivity index (χ0n) is 11.7. The van der Waals surface area contributed by atoms with E-state index in [9.17, 15) is 9.90 Å². The molecule has 1 aromatic carbocycles. The van der Waals surface area contributed by atoms with E-state index < -0.39 is 11.4 Å². The smallest absolute Gasteiger partial charge is 0.309 e. The van der Waals surface area contributed by atoms with E-state index in [1.807, 2.05) is 19.1 Å². The lowest BCUT2D eigenvalue weighted by Crippen LogP contribution is -2.35.